The molecule has 1 fully saturated rings. The van der Waals surface area contributed by atoms with Gasteiger partial charge in [-0.25, -0.2) is 0 Å². The molecule has 1 aliphatic heterocycles. The highest BCUT2D eigenvalue weighted by atomic mass is 79.9. The van der Waals surface area contributed by atoms with Gasteiger partial charge >= 0.3 is 0 Å². The van der Waals surface area contributed by atoms with E-state index in [0.29, 0.717) is 0 Å². The molecule has 2 rings (SSSR count). The highest BCUT2D eigenvalue weighted by molar-refractivity contribution is 9.10. The standard InChI is InChI=1S/C13H17Br2N/c1-2-10-5-6-16(9-10)13-4-3-11(8-14)7-12(13)15/h3-4,7,10H,2,5-6,8-9H2,1H3. The number of hydrogen-bond acceptors (Lipinski definition) is 1. The summed E-state index contributed by atoms with van der Waals surface area (Å²) in [7, 11) is 0. The van der Waals surface area contributed by atoms with Crippen LogP contribution in [0, 0.1) is 5.92 Å². The molecule has 1 nitrogen and oxygen atoms in total. The first-order valence-electron chi connectivity index (χ1n) is 5.84. The first-order valence-corrected chi connectivity index (χ1v) is 7.75. The van der Waals surface area contributed by atoms with Crippen LogP contribution in [0.3, 0.4) is 0 Å². The second kappa shape index (κ2) is 5.54. The predicted molar refractivity (Wildman–Crippen MR) is 77.4 cm³/mol. The van der Waals surface area contributed by atoms with E-state index in [1.807, 2.05) is 0 Å². The largest absolute Gasteiger partial charge is 0.370 e. The molecule has 16 heavy (non-hydrogen) atoms. The van der Waals surface area contributed by atoms with Crippen LogP contribution in [-0.4, -0.2) is 13.1 Å². The molecule has 0 N–H and O–H groups in total. The second-order valence-corrected chi connectivity index (χ2v) is 5.84. The van der Waals surface area contributed by atoms with E-state index in [2.05, 4.69) is 61.9 Å². The van der Waals surface area contributed by atoms with E-state index >= 15 is 0 Å². The zero-order valence-electron chi connectivity index (χ0n) is 9.55. The minimum atomic E-state index is 0.878. The van der Waals surface area contributed by atoms with E-state index in [0.717, 1.165) is 11.2 Å². The van der Waals surface area contributed by atoms with Crippen LogP contribution in [0.1, 0.15) is 25.3 Å². The molecule has 1 aromatic rings. The van der Waals surface area contributed by atoms with Crippen LogP contribution in [0.15, 0.2) is 22.7 Å². The fraction of sp³-hybridized carbons (Fsp3) is 0.538. The molecular weight excluding hydrogens is 330 g/mol. The number of halogens is 2. The molecule has 1 heterocycles. The second-order valence-electron chi connectivity index (χ2n) is 4.43. The Kier molecular flexibility index (Phi) is 4.31. The maximum absolute atomic E-state index is 3.68. The Balaban J connectivity index is 2.15. The molecule has 0 aromatic heterocycles. The van der Waals surface area contributed by atoms with Gasteiger partial charge in [-0.2, -0.15) is 0 Å². The molecule has 0 aliphatic carbocycles. The summed E-state index contributed by atoms with van der Waals surface area (Å²) in [6.07, 6.45) is 2.64. The lowest BCUT2D eigenvalue weighted by Gasteiger charge is -2.20. The van der Waals surface area contributed by atoms with Crippen molar-refractivity contribution in [1.82, 2.24) is 0 Å². The Morgan fingerprint density at radius 2 is 2.25 bits per heavy atom. The van der Waals surface area contributed by atoms with Crippen molar-refractivity contribution < 1.29 is 0 Å². The quantitative estimate of drug-likeness (QED) is 0.724. The molecule has 88 valence electrons. The number of nitrogens with zero attached hydrogens (tertiary/aromatic N) is 1. The summed E-state index contributed by atoms with van der Waals surface area (Å²) in [4.78, 5) is 2.50. The van der Waals surface area contributed by atoms with Crippen molar-refractivity contribution in [3.05, 3.63) is 28.2 Å². The van der Waals surface area contributed by atoms with E-state index in [4.69, 9.17) is 0 Å². The lowest BCUT2D eigenvalue weighted by Crippen LogP contribution is -2.19. The minimum absolute atomic E-state index is 0.878. The zero-order chi connectivity index (χ0) is 11.5. The van der Waals surface area contributed by atoms with Gasteiger partial charge in [-0.1, -0.05) is 35.3 Å². The third kappa shape index (κ3) is 2.62. The minimum Gasteiger partial charge on any atom is -0.370 e. The smallest absolute Gasteiger partial charge is 0.0510 e. The van der Waals surface area contributed by atoms with Crippen LogP contribution in [0.5, 0.6) is 0 Å². The van der Waals surface area contributed by atoms with E-state index in [-0.39, 0.29) is 0 Å². The Labute approximate surface area is 114 Å². The lowest BCUT2D eigenvalue weighted by molar-refractivity contribution is 0.569. The molecule has 1 aromatic carbocycles. The molecule has 0 radical (unpaired) electrons. The summed E-state index contributed by atoms with van der Waals surface area (Å²) in [6.45, 7) is 4.70. The highest BCUT2D eigenvalue weighted by Gasteiger charge is 2.22. The van der Waals surface area contributed by atoms with Crippen molar-refractivity contribution in [2.45, 2.75) is 25.1 Å². The predicted octanol–water partition coefficient (Wildman–Crippen LogP) is 4.58. The molecule has 1 unspecified atom stereocenters. The van der Waals surface area contributed by atoms with Gasteiger partial charge in [0.05, 0.1) is 5.69 Å². The molecule has 0 amide bonds. The maximum atomic E-state index is 3.68. The molecule has 3 heteroatoms. The fourth-order valence-electron chi connectivity index (χ4n) is 2.27. The molecule has 0 spiro atoms. The lowest BCUT2D eigenvalue weighted by atomic mass is 10.1. The Morgan fingerprint density at radius 1 is 1.44 bits per heavy atom. The third-order valence-electron chi connectivity index (χ3n) is 3.37. The molecule has 0 bridgehead atoms. The monoisotopic (exact) mass is 345 g/mol. The average Bonchev–Trinajstić information content (AvgIpc) is 2.77. The number of hydrogen-bond donors (Lipinski definition) is 0. The van der Waals surface area contributed by atoms with Crippen molar-refractivity contribution >= 4 is 37.5 Å². The number of benzene rings is 1. The summed E-state index contributed by atoms with van der Waals surface area (Å²) in [6, 6.07) is 6.65. The molecule has 1 saturated heterocycles. The van der Waals surface area contributed by atoms with Crippen LogP contribution in [-0.2, 0) is 5.33 Å². The van der Waals surface area contributed by atoms with E-state index < -0.39 is 0 Å². The first kappa shape index (κ1) is 12.4. The summed E-state index contributed by atoms with van der Waals surface area (Å²) >= 11 is 7.16. The normalized spacial score (nSPS) is 20.4. The molecule has 1 atom stereocenters. The van der Waals surface area contributed by atoms with E-state index in [9.17, 15) is 0 Å². The Morgan fingerprint density at radius 3 is 2.81 bits per heavy atom. The Hall–Kier alpha value is -0.0200. The summed E-state index contributed by atoms with van der Waals surface area (Å²) < 4.78 is 1.22. The molecule has 1 aliphatic rings. The molecular formula is C13H17Br2N. The third-order valence-corrected chi connectivity index (χ3v) is 4.65. The van der Waals surface area contributed by atoms with Crippen LogP contribution < -0.4 is 4.90 Å². The van der Waals surface area contributed by atoms with E-state index in [1.165, 1.54) is 41.7 Å². The van der Waals surface area contributed by atoms with Crippen molar-refractivity contribution in [2.24, 2.45) is 5.92 Å². The van der Waals surface area contributed by atoms with E-state index in [1.54, 1.807) is 0 Å². The van der Waals surface area contributed by atoms with Gasteiger partial charge in [-0.05, 0) is 46.0 Å². The van der Waals surface area contributed by atoms with Crippen molar-refractivity contribution in [3.8, 4) is 0 Å². The summed E-state index contributed by atoms with van der Waals surface area (Å²) in [5.74, 6) is 0.878. The SMILES string of the molecule is CCC1CCN(c2ccc(CBr)cc2Br)C1. The topological polar surface area (TPSA) is 3.24 Å². The van der Waals surface area contributed by atoms with Gasteiger partial charge in [-0.15, -0.1) is 0 Å². The fourth-order valence-corrected chi connectivity index (χ4v) is 3.30. The zero-order valence-corrected chi connectivity index (χ0v) is 12.7. The summed E-state index contributed by atoms with van der Waals surface area (Å²) in [5.41, 5.74) is 2.67. The van der Waals surface area contributed by atoms with Crippen LogP contribution >= 0.6 is 31.9 Å². The van der Waals surface area contributed by atoms with Crippen molar-refractivity contribution in [3.63, 3.8) is 0 Å². The first-order chi connectivity index (χ1) is 7.74. The average molecular weight is 347 g/mol. The van der Waals surface area contributed by atoms with Gasteiger partial charge in [0, 0.05) is 22.9 Å². The number of rotatable bonds is 3. The van der Waals surface area contributed by atoms with Gasteiger partial charge in [0.1, 0.15) is 0 Å². The van der Waals surface area contributed by atoms with Gasteiger partial charge in [0.15, 0.2) is 0 Å². The van der Waals surface area contributed by atoms with Gasteiger partial charge in [0.25, 0.3) is 0 Å². The van der Waals surface area contributed by atoms with Gasteiger partial charge in [0.2, 0.25) is 0 Å². The maximum Gasteiger partial charge on any atom is 0.0510 e. The summed E-state index contributed by atoms with van der Waals surface area (Å²) in [5, 5.41) is 0.920. The van der Waals surface area contributed by atoms with Gasteiger partial charge < -0.3 is 4.90 Å². The van der Waals surface area contributed by atoms with Crippen LogP contribution in [0.25, 0.3) is 0 Å². The number of alkyl halides is 1. The highest BCUT2D eigenvalue weighted by Crippen LogP contribution is 2.32. The number of anilines is 1. The Bertz CT molecular complexity index is 365. The van der Waals surface area contributed by atoms with Gasteiger partial charge in [-0.3, -0.25) is 0 Å². The van der Waals surface area contributed by atoms with Crippen molar-refractivity contribution in [2.75, 3.05) is 18.0 Å². The molecule has 0 saturated carbocycles. The van der Waals surface area contributed by atoms with Crippen molar-refractivity contribution in [1.29, 1.82) is 0 Å². The van der Waals surface area contributed by atoms with Crippen LogP contribution in [0.4, 0.5) is 5.69 Å². The van der Waals surface area contributed by atoms with Crippen LogP contribution in [0.2, 0.25) is 0 Å².